The molecule has 1 aromatic rings. The van der Waals surface area contributed by atoms with Crippen molar-refractivity contribution in [2.75, 3.05) is 31.7 Å². The zero-order valence-electron chi connectivity index (χ0n) is 10.7. The maximum absolute atomic E-state index is 13.6. The van der Waals surface area contributed by atoms with E-state index in [0.717, 1.165) is 38.2 Å². The van der Waals surface area contributed by atoms with Crippen molar-refractivity contribution in [3.63, 3.8) is 0 Å². The van der Waals surface area contributed by atoms with E-state index in [-0.39, 0.29) is 12.4 Å². The summed E-state index contributed by atoms with van der Waals surface area (Å²) in [4.78, 5) is 2.15. The fraction of sp³-hybridized carbons (Fsp3) is 0.571. The molecule has 1 fully saturated rings. The van der Waals surface area contributed by atoms with Crippen LogP contribution < -0.4 is 4.90 Å². The van der Waals surface area contributed by atoms with Crippen LogP contribution in [0, 0.1) is 11.7 Å². The molecule has 18 heavy (non-hydrogen) atoms. The van der Waals surface area contributed by atoms with Gasteiger partial charge in [0.1, 0.15) is 5.82 Å². The topological polar surface area (TPSA) is 32.7 Å². The van der Waals surface area contributed by atoms with Crippen LogP contribution in [0.3, 0.4) is 0 Å². The highest BCUT2D eigenvalue weighted by Crippen LogP contribution is 2.28. The first-order valence-electron chi connectivity index (χ1n) is 6.38. The first-order valence-corrected chi connectivity index (χ1v) is 6.38. The summed E-state index contributed by atoms with van der Waals surface area (Å²) in [7, 11) is 1.71. The van der Waals surface area contributed by atoms with Gasteiger partial charge in [-0.05, 0) is 30.9 Å². The first kappa shape index (κ1) is 13.3. The molecule has 2 rings (SSSR count). The third-order valence-electron chi connectivity index (χ3n) is 3.51. The van der Waals surface area contributed by atoms with Gasteiger partial charge in [-0.25, -0.2) is 4.39 Å². The SMILES string of the molecule is COCC1CCCN(c2cccc(F)c2CO)C1. The number of methoxy groups -OCH3 is 1. The second kappa shape index (κ2) is 6.16. The molecule has 0 aliphatic carbocycles. The van der Waals surface area contributed by atoms with E-state index in [1.807, 2.05) is 6.07 Å². The lowest BCUT2D eigenvalue weighted by Crippen LogP contribution is -2.37. The second-order valence-corrected chi connectivity index (χ2v) is 4.81. The molecule has 0 amide bonds. The van der Waals surface area contributed by atoms with Gasteiger partial charge in [0.2, 0.25) is 0 Å². The van der Waals surface area contributed by atoms with Crippen LogP contribution in [-0.4, -0.2) is 31.9 Å². The zero-order valence-corrected chi connectivity index (χ0v) is 10.7. The van der Waals surface area contributed by atoms with Crippen molar-refractivity contribution in [3.05, 3.63) is 29.6 Å². The van der Waals surface area contributed by atoms with Gasteiger partial charge in [-0.2, -0.15) is 0 Å². The van der Waals surface area contributed by atoms with E-state index in [1.165, 1.54) is 6.07 Å². The number of hydrogen-bond donors (Lipinski definition) is 1. The summed E-state index contributed by atoms with van der Waals surface area (Å²) in [5.74, 6) is 0.155. The van der Waals surface area contributed by atoms with Crippen molar-refractivity contribution in [3.8, 4) is 0 Å². The van der Waals surface area contributed by atoms with Gasteiger partial charge in [0.15, 0.2) is 0 Å². The summed E-state index contributed by atoms with van der Waals surface area (Å²) in [6, 6.07) is 4.97. The zero-order chi connectivity index (χ0) is 13.0. The summed E-state index contributed by atoms with van der Waals surface area (Å²) in [5, 5.41) is 9.31. The Hall–Kier alpha value is -1.13. The molecule has 1 aliphatic rings. The number of halogens is 1. The van der Waals surface area contributed by atoms with Gasteiger partial charge in [-0.1, -0.05) is 6.07 Å². The van der Waals surface area contributed by atoms with Crippen molar-refractivity contribution >= 4 is 5.69 Å². The quantitative estimate of drug-likeness (QED) is 0.892. The molecule has 0 aromatic heterocycles. The van der Waals surface area contributed by atoms with Crippen molar-refractivity contribution < 1.29 is 14.2 Å². The number of aliphatic hydroxyl groups is 1. The average Bonchev–Trinajstić information content (AvgIpc) is 2.39. The predicted octanol–water partition coefficient (Wildman–Crippen LogP) is 2.18. The molecule has 1 aliphatic heterocycles. The number of piperidine rings is 1. The first-order chi connectivity index (χ1) is 8.76. The Morgan fingerprint density at radius 1 is 1.50 bits per heavy atom. The second-order valence-electron chi connectivity index (χ2n) is 4.81. The Morgan fingerprint density at radius 3 is 3.06 bits per heavy atom. The summed E-state index contributed by atoms with van der Waals surface area (Å²) in [6.07, 6.45) is 2.23. The largest absolute Gasteiger partial charge is 0.391 e. The molecule has 0 radical (unpaired) electrons. The number of aliphatic hydroxyl groups excluding tert-OH is 1. The lowest BCUT2D eigenvalue weighted by Gasteiger charge is -2.35. The van der Waals surface area contributed by atoms with Gasteiger partial charge in [0, 0.05) is 31.5 Å². The molecule has 0 bridgehead atoms. The molecule has 100 valence electrons. The van der Waals surface area contributed by atoms with E-state index in [1.54, 1.807) is 13.2 Å². The highest BCUT2D eigenvalue weighted by Gasteiger charge is 2.22. The van der Waals surface area contributed by atoms with Crippen LogP contribution in [-0.2, 0) is 11.3 Å². The lowest BCUT2D eigenvalue weighted by molar-refractivity contribution is 0.143. The van der Waals surface area contributed by atoms with Crippen LogP contribution in [0.25, 0.3) is 0 Å². The minimum Gasteiger partial charge on any atom is -0.391 e. The van der Waals surface area contributed by atoms with Crippen molar-refractivity contribution in [1.29, 1.82) is 0 Å². The maximum Gasteiger partial charge on any atom is 0.130 e. The van der Waals surface area contributed by atoms with E-state index in [2.05, 4.69) is 4.90 Å². The van der Waals surface area contributed by atoms with Gasteiger partial charge in [0.25, 0.3) is 0 Å². The molecule has 1 N–H and O–H groups in total. The number of ether oxygens (including phenoxy) is 1. The molecule has 1 heterocycles. The molecular formula is C14H20FNO2. The minimum absolute atomic E-state index is 0.256. The summed E-state index contributed by atoms with van der Waals surface area (Å²) < 4.78 is 18.8. The Balaban J connectivity index is 2.18. The number of benzene rings is 1. The Labute approximate surface area is 107 Å². The number of rotatable bonds is 4. The third-order valence-corrected chi connectivity index (χ3v) is 3.51. The van der Waals surface area contributed by atoms with E-state index in [4.69, 9.17) is 4.74 Å². The van der Waals surface area contributed by atoms with Gasteiger partial charge < -0.3 is 14.7 Å². The molecule has 0 spiro atoms. The summed E-state index contributed by atoms with van der Waals surface area (Å²) in [5.41, 5.74) is 1.22. The molecule has 1 unspecified atom stereocenters. The van der Waals surface area contributed by atoms with Crippen molar-refractivity contribution in [2.45, 2.75) is 19.4 Å². The van der Waals surface area contributed by atoms with Crippen molar-refractivity contribution in [1.82, 2.24) is 0 Å². The van der Waals surface area contributed by atoms with Crippen molar-refractivity contribution in [2.24, 2.45) is 5.92 Å². The molecular weight excluding hydrogens is 233 g/mol. The Morgan fingerprint density at radius 2 is 2.33 bits per heavy atom. The fourth-order valence-electron chi connectivity index (χ4n) is 2.66. The van der Waals surface area contributed by atoms with Crippen LogP contribution in [0.5, 0.6) is 0 Å². The number of nitrogens with zero attached hydrogens (tertiary/aromatic N) is 1. The van der Waals surface area contributed by atoms with Crippen LogP contribution in [0.15, 0.2) is 18.2 Å². The van der Waals surface area contributed by atoms with Crippen LogP contribution in [0.4, 0.5) is 10.1 Å². The highest BCUT2D eigenvalue weighted by atomic mass is 19.1. The number of hydrogen-bond acceptors (Lipinski definition) is 3. The minimum atomic E-state index is -0.330. The van der Waals surface area contributed by atoms with Gasteiger partial charge >= 0.3 is 0 Å². The monoisotopic (exact) mass is 253 g/mol. The molecule has 0 saturated carbocycles. The van der Waals surface area contributed by atoms with Gasteiger partial charge in [-0.3, -0.25) is 0 Å². The van der Waals surface area contributed by atoms with Crippen LogP contribution in [0.1, 0.15) is 18.4 Å². The van der Waals surface area contributed by atoms with Gasteiger partial charge in [0.05, 0.1) is 13.2 Å². The van der Waals surface area contributed by atoms with E-state index in [0.29, 0.717) is 11.5 Å². The molecule has 3 nitrogen and oxygen atoms in total. The predicted molar refractivity (Wildman–Crippen MR) is 69.1 cm³/mol. The molecule has 1 atom stereocenters. The summed E-state index contributed by atoms with van der Waals surface area (Å²) in [6.45, 7) is 2.26. The highest BCUT2D eigenvalue weighted by molar-refractivity contribution is 5.54. The standard InChI is InChI=1S/C14H20FNO2/c1-18-10-11-4-3-7-16(8-11)14-6-2-5-13(15)12(14)9-17/h2,5-6,11,17H,3-4,7-10H2,1H3. The molecule has 1 saturated heterocycles. The normalized spacial score (nSPS) is 20.2. The average molecular weight is 253 g/mol. The van der Waals surface area contributed by atoms with Crippen LogP contribution >= 0.6 is 0 Å². The molecule has 1 aromatic carbocycles. The smallest absolute Gasteiger partial charge is 0.130 e. The molecule has 4 heteroatoms. The van der Waals surface area contributed by atoms with E-state index in [9.17, 15) is 9.50 Å². The lowest BCUT2D eigenvalue weighted by atomic mass is 9.97. The summed E-state index contributed by atoms with van der Waals surface area (Å²) >= 11 is 0. The maximum atomic E-state index is 13.6. The van der Waals surface area contributed by atoms with Gasteiger partial charge in [-0.15, -0.1) is 0 Å². The number of anilines is 1. The van der Waals surface area contributed by atoms with Crippen LogP contribution in [0.2, 0.25) is 0 Å². The Bertz CT molecular complexity index is 395. The van der Waals surface area contributed by atoms with E-state index < -0.39 is 0 Å². The third kappa shape index (κ3) is 2.82. The van der Waals surface area contributed by atoms with E-state index >= 15 is 0 Å². The fourth-order valence-corrected chi connectivity index (χ4v) is 2.66. The Kier molecular flexibility index (Phi) is 4.55.